The highest BCUT2D eigenvalue weighted by atomic mass is 35.5. The van der Waals surface area contributed by atoms with Crippen LogP contribution in [-0.2, 0) is 0 Å². The first-order valence-electron chi connectivity index (χ1n) is 6.20. The van der Waals surface area contributed by atoms with Crippen molar-refractivity contribution in [3.63, 3.8) is 0 Å². The molecule has 0 heterocycles. The number of benzene rings is 1. The Kier molecular flexibility index (Phi) is 5.41. The molecule has 0 aliphatic heterocycles. The molecule has 0 fully saturated rings. The van der Waals surface area contributed by atoms with Gasteiger partial charge < -0.3 is 5.32 Å². The Hall–Kier alpha value is -0.600. The van der Waals surface area contributed by atoms with Gasteiger partial charge >= 0.3 is 0 Å². The van der Waals surface area contributed by atoms with E-state index in [2.05, 4.69) is 26.1 Å². The third kappa shape index (κ3) is 3.43. The number of nitrogens with one attached hydrogen (secondary N) is 1. The Morgan fingerprint density at radius 3 is 2.53 bits per heavy atom. The van der Waals surface area contributed by atoms with E-state index < -0.39 is 0 Å². The van der Waals surface area contributed by atoms with E-state index in [1.54, 1.807) is 6.92 Å². The molecule has 17 heavy (non-hydrogen) atoms. The highest BCUT2D eigenvalue weighted by Crippen LogP contribution is 2.31. The maximum absolute atomic E-state index is 13.4. The predicted octanol–water partition coefficient (Wildman–Crippen LogP) is 4.48. The Labute approximate surface area is 108 Å². The van der Waals surface area contributed by atoms with Crippen LogP contribution in [0.25, 0.3) is 0 Å². The maximum atomic E-state index is 13.4. The van der Waals surface area contributed by atoms with E-state index in [0.717, 1.165) is 18.5 Å². The Balaban J connectivity index is 3.13. The number of hydrogen-bond acceptors (Lipinski definition) is 1. The van der Waals surface area contributed by atoms with Gasteiger partial charge in [0.1, 0.15) is 5.82 Å². The third-order valence-electron chi connectivity index (χ3n) is 3.25. The first kappa shape index (κ1) is 14.5. The molecule has 1 aromatic rings. The van der Waals surface area contributed by atoms with Gasteiger partial charge in [0.05, 0.1) is 0 Å². The van der Waals surface area contributed by atoms with Gasteiger partial charge in [-0.3, -0.25) is 0 Å². The zero-order valence-corrected chi connectivity index (χ0v) is 11.7. The topological polar surface area (TPSA) is 12.0 Å². The van der Waals surface area contributed by atoms with Crippen molar-refractivity contribution < 1.29 is 4.39 Å². The monoisotopic (exact) mass is 257 g/mol. The lowest BCUT2D eigenvalue weighted by atomic mass is 9.91. The molecule has 0 aliphatic rings. The molecule has 1 rings (SSSR count). The van der Waals surface area contributed by atoms with E-state index >= 15 is 0 Å². The highest BCUT2D eigenvalue weighted by Gasteiger charge is 2.20. The van der Waals surface area contributed by atoms with Crippen LogP contribution in [0.1, 0.15) is 44.4 Å². The molecular weight excluding hydrogens is 237 g/mol. The zero-order valence-electron chi connectivity index (χ0n) is 11.0. The summed E-state index contributed by atoms with van der Waals surface area (Å²) >= 11 is 6.15. The quantitative estimate of drug-likeness (QED) is 0.820. The minimum absolute atomic E-state index is 0.191. The van der Waals surface area contributed by atoms with E-state index in [4.69, 9.17) is 11.6 Å². The first-order chi connectivity index (χ1) is 8.01. The van der Waals surface area contributed by atoms with Crippen molar-refractivity contribution in [2.75, 3.05) is 6.54 Å². The van der Waals surface area contributed by atoms with E-state index in [1.165, 1.54) is 6.07 Å². The number of halogens is 2. The van der Waals surface area contributed by atoms with Gasteiger partial charge in [-0.15, -0.1) is 0 Å². The molecule has 3 heteroatoms. The summed E-state index contributed by atoms with van der Waals surface area (Å²) in [6, 6.07) is 3.47. The lowest BCUT2D eigenvalue weighted by Crippen LogP contribution is -2.27. The lowest BCUT2D eigenvalue weighted by Gasteiger charge is -2.25. The largest absolute Gasteiger partial charge is 0.310 e. The summed E-state index contributed by atoms with van der Waals surface area (Å²) in [6.07, 6.45) is 1.06. The number of hydrogen-bond donors (Lipinski definition) is 1. The standard InChI is InChI=1S/C14H21ClFN/c1-5-9(3)14(17-6-2)11-7-10(4)13(16)8-12(11)15/h7-9,14,17H,5-6H2,1-4H3. The summed E-state index contributed by atoms with van der Waals surface area (Å²) in [5.41, 5.74) is 1.65. The summed E-state index contributed by atoms with van der Waals surface area (Å²) in [7, 11) is 0. The van der Waals surface area contributed by atoms with Gasteiger partial charge in [-0.05, 0) is 36.6 Å². The van der Waals surface area contributed by atoms with E-state index in [-0.39, 0.29) is 11.9 Å². The molecule has 2 unspecified atom stereocenters. The van der Waals surface area contributed by atoms with Crippen molar-refractivity contribution in [2.45, 2.75) is 40.2 Å². The molecule has 0 bridgehead atoms. The van der Waals surface area contributed by atoms with E-state index in [1.807, 2.05) is 6.07 Å². The van der Waals surface area contributed by atoms with Crippen LogP contribution in [0, 0.1) is 18.7 Å². The average Bonchev–Trinajstić information content (AvgIpc) is 2.30. The van der Waals surface area contributed by atoms with Crippen LogP contribution >= 0.6 is 11.6 Å². The molecular formula is C14H21ClFN. The fraction of sp³-hybridized carbons (Fsp3) is 0.571. The van der Waals surface area contributed by atoms with Gasteiger partial charge in [-0.2, -0.15) is 0 Å². The van der Waals surface area contributed by atoms with E-state index in [9.17, 15) is 4.39 Å². The van der Waals surface area contributed by atoms with Crippen LogP contribution in [-0.4, -0.2) is 6.54 Å². The van der Waals surface area contributed by atoms with Gasteiger partial charge in [0, 0.05) is 11.1 Å². The zero-order chi connectivity index (χ0) is 13.0. The summed E-state index contributed by atoms with van der Waals surface area (Å²) in [5.74, 6) is 0.232. The minimum atomic E-state index is -0.238. The second-order valence-corrected chi connectivity index (χ2v) is 4.95. The molecule has 1 N–H and O–H groups in total. The number of aryl methyl sites for hydroxylation is 1. The molecule has 1 aromatic carbocycles. The van der Waals surface area contributed by atoms with Crippen molar-refractivity contribution in [3.8, 4) is 0 Å². The molecule has 2 atom stereocenters. The van der Waals surface area contributed by atoms with E-state index in [0.29, 0.717) is 16.5 Å². The second-order valence-electron chi connectivity index (χ2n) is 4.54. The molecule has 96 valence electrons. The fourth-order valence-electron chi connectivity index (χ4n) is 1.99. The van der Waals surface area contributed by atoms with Crippen molar-refractivity contribution in [1.29, 1.82) is 0 Å². The fourth-order valence-corrected chi connectivity index (χ4v) is 2.26. The summed E-state index contributed by atoms with van der Waals surface area (Å²) in [5, 5.41) is 3.94. The first-order valence-corrected chi connectivity index (χ1v) is 6.57. The van der Waals surface area contributed by atoms with Crippen LogP contribution < -0.4 is 5.32 Å². The van der Waals surface area contributed by atoms with Gasteiger partial charge in [-0.25, -0.2) is 4.39 Å². The van der Waals surface area contributed by atoms with Gasteiger partial charge in [0.15, 0.2) is 0 Å². The predicted molar refractivity (Wildman–Crippen MR) is 72.0 cm³/mol. The third-order valence-corrected chi connectivity index (χ3v) is 3.58. The Bertz CT molecular complexity index is 379. The van der Waals surface area contributed by atoms with Crippen LogP contribution in [0.5, 0.6) is 0 Å². The average molecular weight is 258 g/mol. The molecule has 1 nitrogen and oxygen atoms in total. The van der Waals surface area contributed by atoms with Crippen molar-refractivity contribution in [2.24, 2.45) is 5.92 Å². The molecule has 0 saturated carbocycles. The van der Waals surface area contributed by atoms with Gasteiger partial charge in [-0.1, -0.05) is 44.9 Å². The molecule has 0 aromatic heterocycles. The number of rotatable bonds is 5. The highest BCUT2D eigenvalue weighted by molar-refractivity contribution is 6.31. The van der Waals surface area contributed by atoms with Crippen LogP contribution in [0.2, 0.25) is 5.02 Å². The Morgan fingerprint density at radius 2 is 2.00 bits per heavy atom. The Morgan fingerprint density at radius 1 is 1.35 bits per heavy atom. The lowest BCUT2D eigenvalue weighted by molar-refractivity contribution is 0.383. The smallest absolute Gasteiger partial charge is 0.127 e. The van der Waals surface area contributed by atoms with Gasteiger partial charge in [0.2, 0.25) is 0 Å². The normalized spacial score (nSPS) is 14.7. The van der Waals surface area contributed by atoms with Crippen LogP contribution in [0.4, 0.5) is 4.39 Å². The molecule has 0 saturated heterocycles. The summed E-state index contributed by atoms with van der Waals surface area (Å²) in [4.78, 5) is 0. The van der Waals surface area contributed by atoms with Gasteiger partial charge in [0.25, 0.3) is 0 Å². The summed E-state index contributed by atoms with van der Waals surface area (Å²) in [6.45, 7) is 9.05. The maximum Gasteiger partial charge on any atom is 0.127 e. The van der Waals surface area contributed by atoms with Crippen molar-refractivity contribution in [1.82, 2.24) is 5.32 Å². The molecule has 0 aliphatic carbocycles. The van der Waals surface area contributed by atoms with Crippen LogP contribution in [0.3, 0.4) is 0 Å². The minimum Gasteiger partial charge on any atom is -0.310 e. The van der Waals surface area contributed by atoms with Crippen LogP contribution in [0.15, 0.2) is 12.1 Å². The van der Waals surface area contributed by atoms with Crippen molar-refractivity contribution in [3.05, 3.63) is 34.1 Å². The molecule has 0 spiro atoms. The van der Waals surface area contributed by atoms with Crippen molar-refractivity contribution >= 4 is 11.6 Å². The second kappa shape index (κ2) is 6.36. The summed E-state index contributed by atoms with van der Waals surface area (Å²) < 4.78 is 13.4. The SMILES string of the molecule is CCNC(c1cc(C)c(F)cc1Cl)C(C)CC. The molecule has 0 amide bonds. The molecule has 0 radical (unpaired) electrons.